The smallest absolute Gasteiger partial charge is 0.356 e. The second-order valence-electron chi connectivity index (χ2n) is 4.07. The van der Waals surface area contributed by atoms with Gasteiger partial charge in [-0.05, 0) is 13.3 Å². The summed E-state index contributed by atoms with van der Waals surface area (Å²) in [6.45, 7) is 1.94. The van der Waals surface area contributed by atoms with Crippen LogP contribution in [-0.4, -0.2) is 29.2 Å². The molecule has 1 aromatic heterocycles. The molecule has 0 amide bonds. The van der Waals surface area contributed by atoms with Crippen molar-refractivity contribution in [3.05, 3.63) is 17.0 Å². The van der Waals surface area contributed by atoms with E-state index in [1.54, 1.807) is 11.8 Å². The lowest BCUT2D eigenvalue weighted by atomic mass is 10.1. The average Bonchev–Trinajstić information content (AvgIpc) is 2.63. The molecule has 3 nitrogen and oxygen atoms in total. The van der Waals surface area contributed by atoms with Crippen LogP contribution in [0.15, 0.2) is 6.07 Å². The second-order valence-corrected chi connectivity index (χ2v) is 4.46. The number of alkyl halides is 3. The first kappa shape index (κ1) is 12.4. The molecule has 0 aromatic carbocycles. The zero-order chi connectivity index (χ0) is 12.6. The highest BCUT2D eigenvalue weighted by atomic mass is 35.5. The molecule has 0 spiro atoms. The van der Waals surface area contributed by atoms with Gasteiger partial charge in [-0.2, -0.15) is 13.2 Å². The molecule has 0 radical (unpaired) electrons. The Morgan fingerprint density at radius 3 is 2.65 bits per heavy atom. The van der Waals surface area contributed by atoms with Crippen LogP contribution in [-0.2, 0) is 0 Å². The normalized spacial score (nSPS) is 21.0. The van der Waals surface area contributed by atoms with Crippen LogP contribution in [0, 0.1) is 12.8 Å². The van der Waals surface area contributed by atoms with Crippen LogP contribution in [0.3, 0.4) is 0 Å². The fourth-order valence-corrected chi connectivity index (χ4v) is 2.13. The molecular formula is C10H11ClF3N3. The highest BCUT2D eigenvalue weighted by Gasteiger charge is 2.43. The molecule has 1 atom stereocenters. The van der Waals surface area contributed by atoms with Crippen LogP contribution in [0.25, 0.3) is 0 Å². The zero-order valence-electron chi connectivity index (χ0n) is 9.13. The fourth-order valence-electron chi connectivity index (χ4n) is 1.91. The lowest BCUT2D eigenvalue weighted by Gasteiger charge is -2.19. The van der Waals surface area contributed by atoms with E-state index in [1.807, 2.05) is 0 Å². The summed E-state index contributed by atoms with van der Waals surface area (Å²) in [4.78, 5) is 9.57. The van der Waals surface area contributed by atoms with Crippen molar-refractivity contribution in [3.8, 4) is 0 Å². The summed E-state index contributed by atoms with van der Waals surface area (Å²) in [5.41, 5.74) is 0. The molecule has 0 aliphatic carbocycles. The lowest BCUT2D eigenvalue weighted by Crippen LogP contribution is -2.28. The van der Waals surface area contributed by atoms with E-state index in [0.717, 1.165) is 0 Å². The monoisotopic (exact) mass is 265 g/mol. The maximum absolute atomic E-state index is 12.5. The van der Waals surface area contributed by atoms with Gasteiger partial charge in [0.25, 0.3) is 0 Å². The number of halogens is 4. The van der Waals surface area contributed by atoms with E-state index in [4.69, 9.17) is 11.6 Å². The SMILES string of the molecule is Cc1nc(Cl)cc(N2CC[C@@H](C(F)(F)F)C2)n1. The van der Waals surface area contributed by atoms with Crippen molar-refractivity contribution >= 4 is 17.4 Å². The van der Waals surface area contributed by atoms with Gasteiger partial charge in [-0.3, -0.25) is 0 Å². The van der Waals surface area contributed by atoms with Crippen LogP contribution < -0.4 is 4.90 Å². The Morgan fingerprint density at radius 1 is 1.41 bits per heavy atom. The second kappa shape index (κ2) is 4.33. The van der Waals surface area contributed by atoms with Crippen LogP contribution >= 0.6 is 11.6 Å². The summed E-state index contributed by atoms with van der Waals surface area (Å²) in [6.07, 6.45) is -4.04. The molecule has 0 N–H and O–H groups in total. The molecule has 1 fully saturated rings. The largest absolute Gasteiger partial charge is 0.393 e. The summed E-state index contributed by atoms with van der Waals surface area (Å²) in [6, 6.07) is 1.49. The molecular weight excluding hydrogens is 255 g/mol. The minimum absolute atomic E-state index is 0.0592. The van der Waals surface area contributed by atoms with Crippen molar-refractivity contribution in [2.75, 3.05) is 18.0 Å². The van der Waals surface area contributed by atoms with Gasteiger partial charge in [0.05, 0.1) is 5.92 Å². The quantitative estimate of drug-likeness (QED) is 0.731. The van der Waals surface area contributed by atoms with Crippen molar-refractivity contribution < 1.29 is 13.2 Å². The molecule has 2 heterocycles. The van der Waals surface area contributed by atoms with Gasteiger partial charge in [-0.1, -0.05) is 11.6 Å². The first-order chi connectivity index (χ1) is 7.86. The summed E-state index contributed by atoms with van der Waals surface area (Å²) in [7, 11) is 0. The Morgan fingerprint density at radius 2 is 2.12 bits per heavy atom. The minimum Gasteiger partial charge on any atom is -0.356 e. The van der Waals surface area contributed by atoms with Gasteiger partial charge in [0.1, 0.15) is 16.8 Å². The minimum atomic E-state index is -4.14. The molecule has 17 heavy (non-hydrogen) atoms. The van der Waals surface area contributed by atoms with Gasteiger partial charge in [-0.25, -0.2) is 9.97 Å². The Kier molecular flexibility index (Phi) is 3.16. The maximum atomic E-state index is 12.5. The number of aromatic nitrogens is 2. The first-order valence-corrected chi connectivity index (χ1v) is 5.57. The van der Waals surface area contributed by atoms with Crippen molar-refractivity contribution in [2.24, 2.45) is 5.92 Å². The van der Waals surface area contributed by atoms with Crippen molar-refractivity contribution in [1.29, 1.82) is 0 Å². The number of aryl methyl sites for hydroxylation is 1. The Labute approximate surface area is 102 Å². The highest BCUT2D eigenvalue weighted by molar-refractivity contribution is 6.29. The van der Waals surface area contributed by atoms with Gasteiger partial charge in [0.2, 0.25) is 0 Å². The van der Waals surface area contributed by atoms with Gasteiger partial charge in [-0.15, -0.1) is 0 Å². The number of nitrogens with zero attached hydrogens (tertiary/aromatic N) is 3. The predicted octanol–water partition coefficient (Wildman–Crippen LogP) is 2.83. The molecule has 1 aliphatic heterocycles. The van der Waals surface area contributed by atoms with Crippen molar-refractivity contribution in [3.63, 3.8) is 0 Å². The fraction of sp³-hybridized carbons (Fsp3) is 0.600. The van der Waals surface area contributed by atoms with E-state index in [2.05, 4.69) is 9.97 Å². The maximum Gasteiger partial charge on any atom is 0.393 e. The molecule has 2 rings (SSSR count). The molecule has 7 heteroatoms. The summed E-state index contributed by atoms with van der Waals surface area (Å²) >= 11 is 5.75. The van der Waals surface area contributed by atoms with Gasteiger partial charge >= 0.3 is 6.18 Å². The molecule has 0 saturated carbocycles. The topological polar surface area (TPSA) is 29.0 Å². The third-order valence-corrected chi connectivity index (χ3v) is 2.96. The van der Waals surface area contributed by atoms with Crippen LogP contribution in [0.5, 0.6) is 0 Å². The van der Waals surface area contributed by atoms with Crippen molar-refractivity contribution in [1.82, 2.24) is 9.97 Å². The molecule has 1 saturated heterocycles. The van der Waals surface area contributed by atoms with Crippen LogP contribution in [0.4, 0.5) is 19.0 Å². The highest BCUT2D eigenvalue weighted by Crippen LogP contribution is 2.35. The standard InChI is InChI=1S/C10H11ClF3N3/c1-6-15-8(11)4-9(16-6)17-3-2-7(5-17)10(12,13)14/h4,7H,2-3,5H2,1H3/t7-/m1/s1. The van der Waals surface area contributed by atoms with Gasteiger partial charge in [0.15, 0.2) is 0 Å². The van der Waals surface area contributed by atoms with E-state index in [1.165, 1.54) is 6.07 Å². The van der Waals surface area contributed by atoms with Crippen molar-refractivity contribution in [2.45, 2.75) is 19.5 Å². The Balaban J connectivity index is 2.15. The molecule has 1 aromatic rings. The zero-order valence-corrected chi connectivity index (χ0v) is 9.89. The summed E-state index contributed by atoms with van der Waals surface area (Å²) < 4.78 is 37.6. The predicted molar refractivity (Wildman–Crippen MR) is 58.2 cm³/mol. The van der Waals surface area contributed by atoms with Crippen LogP contribution in [0.2, 0.25) is 5.15 Å². The average molecular weight is 266 g/mol. The Bertz CT molecular complexity index is 401. The van der Waals surface area contributed by atoms with E-state index in [9.17, 15) is 13.2 Å². The van der Waals surface area contributed by atoms with Crippen LogP contribution in [0.1, 0.15) is 12.2 Å². The molecule has 1 aliphatic rings. The van der Waals surface area contributed by atoms with E-state index < -0.39 is 12.1 Å². The Hall–Kier alpha value is -1.04. The summed E-state index contributed by atoms with van der Waals surface area (Å²) in [5, 5.41) is 0.253. The van der Waals surface area contributed by atoms with E-state index in [0.29, 0.717) is 18.2 Å². The summed E-state index contributed by atoms with van der Waals surface area (Å²) in [5.74, 6) is -0.353. The number of rotatable bonds is 1. The molecule has 94 valence electrons. The molecule has 0 unspecified atom stereocenters. The first-order valence-electron chi connectivity index (χ1n) is 5.19. The van der Waals surface area contributed by atoms with Gasteiger partial charge in [0, 0.05) is 19.2 Å². The van der Waals surface area contributed by atoms with Gasteiger partial charge < -0.3 is 4.90 Å². The number of anilines is 1. The third kappa shape index (κ3) is 2.80. The number of hydrogen-bond acceptors (Lipinski definition) is 3. The van der Waals surface area contributed by atoms with E-state index in [-0.39, 0.29) is 18.1 Å². The van der Waals surface area contributed by atoms with E-state index >= 15 is 0 Å². The lowest BCUT2D eigenvalue weighted by molar-refractivity contribution is -0.168. The number of hydrogen-bond donors (Lipinski definition) is 0. The molecule has 0 bridgehead atoms. The third-order valence-electron chi connectivity index (χ3n) is 2.77.